The minimum atomic E-state index is 0.858. The molecular formula is C12H15NO. The maximum atomic E-state index is 10.9. The second-order valence-electron chi connectivity index (χ2n) is 3.84. The number of hydrogen-bond donors (Lipinski definition) is 0. The highest BCUT2D eigenvalue weighted by Crippen LogP contribution is 2.27. The van der Waals surface area contributed by atoms with Gasteiger partial charge in [-0.2, -0.15) is 0 Å². The molecule has 2 heteroatoms. The van der Waals surface area contributed by atoms with Gasteiger partial charge < -0.3 is 4.90 Å². The Bertz CT molecular complexity index is 346. The molecule has 0 saturated carbocycles. The van der Waals surface area contributed by atoms with Crippen LogP contribution in [-0.2, 0) is 6.42 Å². The normalized spacial score (nSPS) is 15.9. The predicted molar refractivity (Wildman–Crippen MR) is 58.0 cm³/mol. The molecule has 0 bridgehead atoms. The molecule has 1 aromatic carbocycles. The van der Waals surface area contributed by atoms with Gasteiger partial charge in [0.1, 0.15) is 6.29 Å². The van der Waals surface area contributed by atoms with Gasteiger partial charge in [-0.1, -0.05) is 12.1 Å². The van der Waals surface area contributed by atoms with E-state index in [1.54, 1.807) is 0 Å². The molecule has 1 aliphatic rings. The lowest BCUT2D eigenvalue weighted by Crippen LogP contribution is -2.17. The summed E-state index contributed by atoms with van der Waals surface area (Å²) < 4.78 is 0. The fourth-order valence-electron chi connectivity index (χ4n) is 2.10. The fourth-order valence-corrected chi connectivity index (χ4v) is 2.10. The Morgan fingerprint density at radius 3 is 3.00 bits per heavy atom. The molecule has 1 aromatic rings. The zero-order valence-electron chi connectivity index (χ0n) is 8.49. The van der Waals surface area contributed by atoms with Crippen LogP contribution in [0.4, 0.5) is 5.69 Å². The van der Waals surface area contributed by atoms with E-state index < -0.39 is 0 Å². The third-order valence-electron chi connectivity index (χ3n) is 2.90. The van der Waals surface area contributed by atoms with Gasteiger partial charge in [0, 0.05) is 24.8 Å². The summed E-state index contributed by atoms with van der Waals surface area (Å²) in [5, 5.41) is 0. The number of rotatable bonds is 1. The zero-order chi connectivity index (χ0) is 9.97. The summed E-state index contributed by atoms with van der Waals surface area (Å²) in [7, 11) is 2.10. The number of benzene rings is 1. The van der Waals surface area contributed by atoms with Crippen molar-refractivity contribution in [3.8, 4) is 0 Å². The molecule has 0 amide bonds. The van der Waals surface area contributed by atoms with Crippen molar-refractivity contribution >= 4 is 12.0 Å². The van der Waals surface area contributed by atoms with Gasteiger partial charge in [-0.15, -0.1) is 0 Å². The molecule has 0 fully saturated rings. The second-order valence-corrected chi connectivity index (χ2v) is 3.84. The first-order chi connectivity index (χ1) is 6.83. The Labute approximate surface area is 84.5 Å². The monoisotopic (exact) mass is 189 g/mol. The second kappa shape index (κ2) is 3.82. The van der Waals surface area contributed by atoms with E-state index in [0.29, 0.717) is 0 Å². The van der Waals surface area contributed by atoms with Gasteiger partial charge in [0.15, 0.2) is 0 Å². The first-order valence-electron chi connectivity index (χ1n) is 5.11. The van der Waals surface area contributed by atoms with E-state index in [-0.39, 0.29) is 0 Å². The number of anilines is 1. The molecule has 0 saturated heterocycles. The average molecular weight is 189 g/mol. The standard InChI is InChI=1S/C12H15NO/c1-13-8-3-2-6-11-10(9-14)5-4-7-12(11)13/h4-5,7,9H,2-3,6,8H2,1H3. The van der Waals surface area contributed by atoms with E-state index in [2.05, 4.69) is 18.0 Å². The minimum Gasteiger partial charge on any atom is -0.374 e. The highest BCUT2D eigenvalue weighted by Gasteiger charge is 2.14. The highest BCUT2D eigenvalue weighted by molar-refractivity contribution is 5.81. The maximum Gasteiger partial charge on any atom is 0.150 e. The number of carbonyl (C=O) groups is 1. The first-order valence-corrected chi connectivity index (χ1v) is 5.11. The van der Waals surface area contributed by atoms with Crippen LogP contribution in [0.5, 0.6) is 0 Å². The van der Waals surface area contributed by atoms with Crippen molar-refractivity contribution in [2.75, 3.05) is 18.5 Å². The molecule has 1 aliphatic heterocycles. The van der Waals surface area contributed by atoms with Gasteiger partial charge in [-0.3, -0.25) is 4.79 Å². The molecular weight excluding hydrogens is 174 g/mol. The molecule has 0 unspecified atom stereocenters. The third kappa shape index (κ3) is 1.52. The Balaban J connectivity index is 2.51. The number of aldehydes is 1. The number of hydrogen-bond acceptors (Lipinski definition) is 2. The van der Waals surface area contributed by atoms with E-state index >= 15 is 0 Å². The lowest BCUT2D eigenvalue weighted by Gasteiger charge is -2.19. The van der Waals surface area contributed by atoms with Crippen LogP contribution in [0.3, 0.4) is 0 Å². The van der Waals surface area contributed by atoms with Crippen LogP contribution in [0.1, 0.15) is 28.8 Å². The predicted octanol–water partition coefficient (Wildman–Crippen LogP) is 2.27. The molecule has 0 aromatic heterocycles. The number of fused-ring (bicyclic) bond motifs is 1. The van der Waals surface area contributed by atoms with Crippen molar-refractivity contribution in [3.63, 3.8) is 0 Å². The van der Waals surface area contributed by atoms with E-state index in [1.807, 2.05) is 12.1 Å². The van der Waals surface area contributed by atoms with Crippen LogP contribution < -0.4 is 4.90 Å². The van der Waals surface area contributed by atoms with Crippen LogP contribution in [0.25, 0.3) is 0 Å². The van der Waals surface area contributed by atoms with Gasteiger partial charge in [0.25, 0.3) is 0 Å². The smallest absolute Gasteiger partial charge is 0.150 e. The van der Waals surface area contributed by atoms with Crippen LogP contribution in [0.2, 0.25) is 0 Å². The largest absolute Gasteiger partial charge is 0.374 e. The third-order valence-corrected chi connectivity index (χ3v) is 2.90. The molecule has 2 rings (SSSR count). The molecule has 0 radical (unpaired) electrons. The molecule has 0 atom stereocenters. The van der Waals surface area contributed by atoms with Crippen LogP contribution in [0, 0.1) is 0 Å². The molecule has 2 nitrogen and oxygen atoms in total. The molecule has 74 valence electrons. The van der Waals surface area contributed by atoms with Crippen molar-refractivity contribution in [3.05, 3.63) is 29.3 Å². The Hall–Kier alpha value is -1.31. The van der Waals surface area contributed by atoms with E-state index in [0.717, 1.165) is 24.8 Å². The quantitative estimate of drug-likeness (QED) is 0.632. The van der Waals surface area contributed by atoms with Gasteiger partial charge in [-0.05, 0) is 30.9 Å². The number of nitrogens with zero attached hydrogens (tertiary/aromatic N) is 1. The average Bonchev–Trinajstić information content (AvgIpc) is 2.41. The Kier molecular flexibility index (Phi) is 2.53. The molecule has 14 heavy (non-hydrogen) atoms. The summed E-state index contributed by atoms with van der Waals surface area (Å²) in [6, 6.07) is 5.98. The summed E-state index contributed by atoms with van der Waals surface area (Å²) >= 11 is 0. The van der Waals surface area contributed by atoms with Crippen LogP contribution >= 0.6 is 0 Å². The Morgan fingerprint density at radius 2 is 2.21 bits per heavy atom. The Morgan fingerprint density at radius 1 is 1.36 bits per heavy atom. The molecule has 0 spiro atoms. The van der Waals surface area contributed by atoms with E-state index in [9.17, 15) is 4.79 Å². The molecule has 1 heterocycles. The van der Waals surface area contributed by atoms with Crippen molar-refractivity contribution < 1.29 is 4.79 Å². The molecule has 0 N–H and O–H groups in total. The van der Waals surface area contributed by atoms with E-state index in [4.69, 9.17) is 0 Å². The zero-order valence-corrected chi connectivity index (χ0v) is 8.49. The van der Waals surface area contributed by atoms with Crippen molar-refractivity contribution in [1.29, 1.82) is 0 Å². The van der Waals surface area contributed by atoms with Crippen molar-refractivity contribution in [2.24, 2.45) is 0 Å². The van der Waals surface area contributed by atoms with Gasteiger partial charge in [-0.25, -0.2) is 0 Å². The summed E-state index contributed by atoms with van der Waals surface area (Å²) in [6.07, 6.45) is 4.40. The van der Waals surface area contributed by atoms with Crippen LogP contribution in [0.15, 0.2) is 18.2 Å². The van der Waals surface area contributed by atoms with Crippen LogP contribution in [-0.4, -0.2) is 19.9 Å². The lowest BCUT2D eigenvalue weighted by molar-refractivity contribution is 0.112. The number of carbonyl (C=O) groups excluding carboxylic acids is 1. The minimum absolute atomic E-state index is 0.858. The van der Waals surface area contributed by atoms with Crippen molar-refractivity contribution in [2.45, 2.75) is 19.3 Å². The SMILES string of the molecule is CN1CCCCc2c(C=O)cccc21. The topological polar surface area (TPSA) is 20.3 Å². The van der Waals surface area contributed by atoms with E-state index in [1.165, 1.54) is 24.1 Å². The maximum absolute atomic E-state index is 10.9. The summed E-state index contributed by atoms with van der Waals surface area (Å²) in [6.45, 7) is 1.09. The lowest BCUT2D eigenvalue weighted by atomic mass is 10.0. The summed E-state index contributed by atoms with van der Waals surface area (Å²) in [5.74, 6) is 0. The van der Waals surface area contributed by atoms with Gasteiger partial charge in [0.05, 0.1) is 0 Å². The fraction of sp³-hybridized carbons (Fsp3) is 0.417. The summed E-state index contributed by atoms with van der Waals surface area (Å²) in [4.78, 5) is 13.1. The van der Waals surface area contributed by atoms with Crippen molar-refractivity contribution in [1.82, 2.24) is 0 Å². The summed E-state index contributed by atoms with van der Waals surface area (Å²) in [5.41, 5.74) is 3.31. The molecule has 0 aliphatic carbocycles. The first kappa shape index (κ1) is 9.25. The highest BCUT2D eigenvalue weighted by atomic mass is 16.1. The van der Waals surface area contributed by atoms with Gasteiger partial charge >= 0.3 is 0 Å². The van der Waals surface area contributed by atoms with Gasteiger partial charge in [0.2, 0.25) is 0 Å².